The van der Waals surface area contributed by atoms with E-state index in [0.29, 0.717) is 0 Å². The molecule has 1 aromatic rings. The fraction of sp³-hybridized carbons (Fsp3) is 0.417. The summed E-state index contributed by atoms with van der Waals surface area (Å²) in [5.41, 5.74) is 5.11. The normalized spacial score (nSPS) is 13.2. The maximum absolute atomic E-state index is 10.5. The molecule has 1 aromatic carbocycles. The molecule has 0 bridgehead atoms. The number of carbonyl (C=O) groups is 1. The van der Waals surface area contributed by atoms with Crippen molar-refractivity contribution in [1.82, 2.24) is 0 Å². The molecule has 0 fully saturated rings. The molecule has 4 heteroatoms. The van der Waals surface area contributed by atoms with Gasteiger partial charge in [0.25, 0.3) is 0 Å². The van der Waals surface area contributed by atoms with E-state index in [1.54, 1.807) is 0 Å². The van der Waals surface area contributed by atoms with E-state index < -0.39 is 17.6 Å². The zero-order valence-corrected chi connectivity index (χ0v) is 9.51. The Bertz CT molecular complexity index is 349. The summed E-state index contributed by atoms with van der Waals surface area (Å²) in [7, 11) is 0. The first-order valence-electron chi connectivity index (χ1n) is 5.09. The number of benzene rings is 1. The van der Waals surface area contributed by atoms with Crippen LogP contribution in [0.4, 0.5) is 4.79 Å². The van der Waals surface area contributed by atoms with Gasteiger partial charge in [0.05, 0.1) is 6.10 Å². The van der Waals surface area contributed by atoms with Gasteiger partial charge in [0.15, 0.2) is 0 Å². The van der Waals surface area contributed by atoms with Crippen molar-refractivity contribution in [2.75, 3.05) is 6.61 Å². The van der Waals surface area contributed by atoms with Gasteiger partial charge in [-0.15, -0.1) is 0 Å². The third kappa shape index (κ3) is 3.24. The maximum Gasteiger partial charge on any atom is 0.404 e. The zero-order valence-electron chi connectivity index (χ0n) is 9.51. The van der Waals surface area contributed by atoms with Gasteiger partial charge in [-0.25, -0.2) is 4.79 Å². The lowest BCUT2D eigenvalue weighted by Crippen LogP contribution is -2.30. The molecule has 1 unspecified atom stereocenters. The highest BCUT2D eigenvalue weighted by Crippen LogP contribution is 2.33. The van der Waals surface area contributed by atoms with Crippen LogP contribution in [-0.4, -0.2) is 17.8 Å². The SMILES string of the molecule is CC(C)(COC(N)=O)C(O)c1ccccc1. The highest BCUT2D eigenvalue weighted by Gasteiger charge is 2.30. The minimum absolute atomic E-state index is 0.0817. The van der Waals surface area contributed by atoms with Gasteiger partial charge in [-0.1, -0.05) is 44.2 Å². The Balaban J connectivity index is 2.72. The fourth-order valence-electron chi connectivity index (χ4n) is 1.42. The van der Waals surface area contributed by atoms with Gasteiger partial charge in [-0.05, 0) is 5.56 Å². The van der Waals surface area contributed by atoms with E-state index >= 15 is 0 Å². The summed E-state index contributed by atoms with van der Waals surface area (Å²) in [6.45, 7) is 3.71. The van der Waals surface area contributed by atoms with E-state index in [1.807, 2.05) is 44.2 Å². The van der Waals surface area contributed by atoms with Crippen LogP contribution in [0.15, 0.2) is 30.3 Å². The number of ether oxygens (including phenoxy) is 1. The number of aliphatic hydroxyl groups is 1. The van der Waals surface area contributed by atoms with Gasteiger partial charge >= 0.3 is 6.09 Å². The largest absolute Gasteiger partial charge is 0.449 e. The van der Waals surface area contributed by atoms with E-state index in [-0.39, 0.29) is 6.61 Å². The zero-order chi connectivity index (χ0) is 12.2. The van der Waals surface area contributed by atoms with Gasteiger partial charge in [0, 0.05) is 5.41 Å². The van der Waals surface area contributed by atoms with Gasteiger partial charge in [-0.2, -0.15) is 0 Å². The van der Waals surface area contributed by atoms with Gasteiger partial charge in [0.2, 0.25) is 0 Å². The van der Waals surface area contributed by atoms with Crippen LogP contribution in [0.1, 0.15) is 25.5 Å². The third-order valence-corrected chi connectivity index (χ3v) is 2.44. The number of aliphatic hydroxyl groups excluding tert-OH is 1. The molecule has 4 nitrogen and oxygen atoms in total. The second-order valence-electron chi connectivity index (χ2n) is 4.41. The average molecular weight is 223 g/mol. The van der Waals surface area contributed by atoms with Crippen molar-refractivity contribution in [2.45, 2.75) is 20.0 Å². The summed E-state index contributed by atoms with van der Waals surface area (Å²) in [6.07, 6.45) is -1.53. The van der Waals surface area contributed by atoms with Crippen molar-refractivity contribution in [3.05, 3.63) is 35.9 Å². The topological polar surface area (TPSA) is 72.5 Å². The first-order chi connectivity index (χ1) is 7.43. The van der Waals surface area contributed by atoms with Crippen molar-refractivity contribution in [3.8, 4) is 0 Å². The molecular weight excluding hydrogens is 206 g/mol. The lowest BCUT2D eigenvalue weighted by Gasteiger charge is -2.29. The number of rotatable bonds is 4. The molecule has 3 N–H and O–H groups in total. The monoisotopic (exact) mass is 223 g/mol. The number of nitrogens with two attached hydrogens (primary N) is 1. The van der Waals surface area contributed by atoms with Crippen LogP contribution in [0.5, 0.6) is 0 Å². The number of hydrogen-bond donors (Lipinski definition) is 2. The van der Waals surface area contributed by atoms with E-state index in [1.165, 1.54) is 0 Å². The smallest absolute Gasteiger partial charge is 0.404 e. The third-order valence-electron chi connectivity index (χ3n) is 2.44. The van der Waals surface area contributed by atoms with E-state index in [9.17, 15) is 9.90 Å². The van der Waals surface area contributed by atoms with E-state index in [2.05, 4.69) is 0 Å². The molecule has 0 saturated carbocycles. The summed E-state index contributed by atoms with van der Waals surface area (Å²) in [5, 5.41) is 10.1. The lowest BCUT2D eigenvalue weighted by atomic mass is 9.83. The number of primary amides is 1. The molecule has 0 aromatic heterocycles. The summed E-state index contributed by atoms with van der Waals surface area (Å²) in [4.78, 5) is 10.5. The molecule has 0 radical (unpaired) electrons. The van der Waals surface area contributed by atoms with Crippen LogP contribution in [0.3, 0.4) is 0 Å². The number of hydrogen-bond acceptors (Lipinski definition) is 3. The molecule has 88 valence electrons. The summed E-state index contributed by atoms with van der Waals surface area (Å²) >= 11 is 0. The molecular formula is C12H17NO3. The highest BCUT2D eigenvalue weighted by atomic mass is 16.5. The van der Waals surface area contributed by atoms with Gasteiger partial charge in [-0.3, -0.25) is 0 Å². The standard InChI is InChI=1S/C12H17NO3/c1-12(2,8-16-11(13)15)10(14)9-6-4-3-5-7-9/h3-7,10,14H,8H2,1-2H3,(H2,13,15). The highest BCUT2D eigenvalue weighted by molar-refractivity contribution is 5.64. The Morgan fingerprint density at radius 3 is 2.50 bits per heavy atom. The summed E-state index contributed by atoms with van der Waals surface area (Å²) < 4.78 is 4.73. The predicted molar refractivity (Wildman–Crippen MR) is 60.7 cm³/mol. The van der Waals surface area contributed by atoms with Crippen LogP contribution in [-0.2, 0) is 4.74 Å². The maximum atomic E-state index is 10.5. The van der Waals surface area contributed by atoms with Crippen LogP contribution < -0.4 is 5.73 Å². The van der Waals surface area contributed by atoms with Crippen molar-refractivity contribution in [3.63, 3.8) is 0 Å². The molecule has 0 aliphatic rings. The molecule has 1 rings (SSSR count). The van der Waals surface area contributed by atoms with Gasteiger partial charge < -0.3 is 15.6 Å². The molecule has 0 spiro atoms. The van der Waals surface area contributed by atoms with Gasteiger partial charge in [0.1, 0.15) is 6.61 Å². The summed E-state index contributed by atoms with van der Waals surface area (Å²) in [5.74, 6) is 0. The fourth-order valence-corrected chi connectivity index (χ4v) is 1.42. The first-order valence-corrected chi connectivity index (χ1v) is 5.09. The average Bonchev–Trinajstić information content (AvgIpc) is 2.27. The molecule has 0 saturated heterocycles. The molecule has 0 aliphatic heterocycles. The Morgan fingerprint density at radius 2 is 2.00 bits per heavy atom. The van der Waals surface area contributed by atoms with E-state index in [0.717, 1.165) is 5.56 Å². The van der Waals surface area contributed by atoms with Crippen molar-refractivity contribution >= 4 is 6.09 Å². The second kappa shape index (κ2) is 4.99. The summed E-state index contributed by atoms with van der Waals surface area (Å²) in [6, 6.07) is 9.24. The van der Waals surface area contributed by atoms with Crippen molar-refractivity contribution in [1.29, 1.82) is 0 Å². The van der Waals surface area contributed by atoms with E-state index in [4.69, 9.17) is 10.5 Å². The van der Waals surface area contributed by atoms with Crippen LogP contribution in [0.2, 0.25) is 0 Å². The Labute approximate surface area is 95.0 Å². The molecule has 0 heterocycles. The Hall–Kier alpha value is -1.55. The quantitative estimate of drug-likeness (QED) is 0.818. The molecule has 0 aliphatic carbocycles. The predicted octanol–water partition coefficient (Wildman–Crippen LogP) is 1.84. The second-order valence-corrected chi connectivity index (χ2v) is 4.41. The van der Waals surface area contributed by atoms with Crippen molar-refractivity contribution in [2.24, 2.45) is 11.1 Å². The Kier molecular flexibility index (Phi) is 3.90. The number of carbonyl (C=O) groups excluding carboxylic acids is 1. The Morgan fingerprint density at radius 1 is 1.44 bits per heavy atom. The van der Waals surface area contributed by atoms with Crippen LogP contribution in [0, 0.1) is 5.41 Å². The van der Waals surface area contributed by atoms with Crippen LogP contribution in [0.25, 0.3) is 0 Å². The molecule has 1 atom stereocenters. The molecule has 16 heavy (non-hydrogen) atoms. The minimum atomic E-state index is -0.826. The first kappa shape index (κ1) is 12.5. The van der Waals surface area contributed by atoms with Crippen LogP contribution >= 0.6 is 0 Å². The lowest BCUT2D eigenvalue weighted by molar-refractivity contribution is 0.000343. The molecule has 1 amide bonds. The minimum Gasteiger partial charge on any atom is -0.449 e. The number of amides is 1. The van der Waals surface area contributed by atoms with Crippen molar-refractivity contribution < 1.29 is 14.6 Å².